The van der Waals surface area contributed by atoms with Crippen molar-refractivity contribution in [3.63, 3.8) is 0 Å². The largest absolute Gasteiger partial charge is 0.479 e. The van der Waals surface area contributed by atoms with Crippen molar-refractivity contribution in [2.24, 2.45) is 0 Å². The number of carbonyl (C=O) groups is 4. The van der Waals surface area contributed by atoms with Gasteiger partial charge < -0.3 is 105 Å². The highest BCUT2D eigenvalue weighted by Crippen LogP contribution is 2.34. The minimum absolute atomic E-state index is 1.84. The average Bonchev–Trinajstić information content (AvgIpc) is 3.03. The van der Waals surface area contributed by atoms with Crippen molar-refractivity contribution in [1.29, 1.82) is 0 Å². The molecule has 4 aliphatic rings. The van der Waals surface area contributed by atoms with E-state index in [1.165, 1.54) is 0 Å². The maximum Gasteiger partial charge on any atom is 0.335 e. The fraction of sp³-hybridized carbons (Fsp3) is 0.833. The summed E-state index contributed by atoms with van der Waals surface area (Å²) in [5, 5.41) is 141. The molecule has 0 aromatic carbocycles. The molecule has 0 radical (unpaired) electrons. The summed E-state index contributed by atoms with van der Waals surface area (Å²) in [6, 6.07) is 0. The lowest BCUT2D eigenvalue weighted by atomic mass is 9.95. The molecule has 20 atom stereocenters. The molecule has 0 aromatic rings. The molecule has 49 heavy (non-hydrogen) atoms. The molecule has 0 spiro atoms. The lowest BCUT2D eigenvalue weighted by Crippen LogP contribution is -2.68. The number of ether oxygens (including phenoxy) is 7. The van der Waals surface area contributed by atoms with Crippen molar-refractivity contribution in [2.45, 2.75) is 123 Å². The van der Waals surface area contributed by atoms with Crippen LogP contribution in [-0.2, 0) is 52.3 Å². The van der Waals surface area contributed by atoms with Gasteiger partial charge in [0.05, 0.1) is 0 Å². The molecule has 4 saturated heterocycles. The van der Waals surface area contributed by atoms with Gasteiger partial charge in [0.15, 0.2) is 49.6 Å². The third-order valence-corrected chi connectivity index (χ3v) is 8.07. The minimum atomic E-state index is -2.43. The Morgan fingerprint density at radius 3 is 0.980 bits per heavy atom. The van der Waals surface area contributed by atoms with Gasteiger partial charge in [-0.05, 0) is 0 Å². The molecule has 4 heterocycles. The van der Waals surface area contributed by atoms with Crippen molar-refractivity contribution in [3.8, 4) is 0 Å². The fourth-order valence-electron chi connectivity index (χ4n) is 5.43. The number of aliphatic hydroxyl groups excluding tert-OH is 10. The van der Waals surface area contributed by atoms with Crippen LogP contribution in [0.3, 0.4) is 0 Å². The second kappa shape index (κ2) is 15.2. The maximum atomic E-state index is 12.1. The zero-order valence-corrected chi connectivity index (χ0v) is 24.3. The molecule has 0 unspecified atom stereocenters. The Kier molecular flexibility index (Phi) is 12.1. The number of aliphatic hydroxyl groups is 10. The Morgan fingerprint density at radius 2 is 0.633 bits per heavy atom. The van der Waals surface area contributed by atoms with Crippen LogP contribution in [0, 0.1) is 0 Å². The van der Waals surface area contributed by atoms with Crippen LogP contribution in [0.2, 0.25) is 0 Å². The number of hydrogen-bond acceptors (Lipinski definition) is 21. The van der Waals surface area contributed by atoms with E-state index in [2.05, 4.69) is 4.74 Å². The van der Waals surface area contributed by atoms with Crippen molar-refractivity contribution in [3.05, 3.63) is 0 Å². The van der Waals surface area contributed by atoms with Crippen LogP contribution in [0.5, 0.6) is 0 Å². The zero-order chi connectivity index (χ0) is 36.8. The standard InChI is InChI=1S/C24H34O25/c25-1-2(26)13(17(34)35)47-22(7(1)31)45-11-4(28)9(33)24(49-15(11)19(38)39)46-12-5(29)8(32)23(48-16(12)20(40)41)44-10-3(27)6(30)21(42)43-14(10)18(36)37/h1-16,21-33,42H,(H,34,35)(H,36,37)(H,38,39)(H,40,41)/t1-,2-,3+,4+,5+,6-,7-,8-,9-,10-,11-,12-,13+,14+,15+,16+,21+,22+,23+,24+/m0/s1. The van der Waals surface area contributed by atoms with Gasteiger partial charge in [0, 0.05) is 0 Å². The fourth-order valence-corrected chi connectivity index (χ4v) is 5.43. The highest BCUT2D eigenvalue weighted by molar-refractivity contribution is 5.75. The summed E-state index contributed by atoms with van der Waals surface area (Å²) in [7, 11) is 0. The molecule has 25 nitrogen and oxygen atoms in total. The van der Waals surface area contributed by atoms with E-state index in [1.807, 2.05) is 0 Å². The first-order valence-electron chi connectivity index (χ1n) is 14.1. The molecule has 4 aliphatic heterocycles. The van der Waals surface area contributed by atoms with Gasteiger partial charge in [-0.2, -0.15) is 0 Å². The first-order chi connectivity index (χ1) is 22.8. The second-order valence-corrected chi connectivity index (χ2v) is 11.3. The number of rotatable bonds is 10. The van der Waals surface area contributed by atoms with Crippen molar-refractivity contribution < 1.29 is 124 Å². The van der Waals surface area contributed by atoms with Crippen LogP contribution < -0.4 is 0 Å². The molecule has 0 amide bonds. The predicted molar refractivity (Wildman–Crippen MR) is 136 cm³/mol. The van der Waals surface area contributed by atoms with Gasteiger partial charge in [0.1, 0.15) is 73.2 Å². The van der Waals surface area contributed by atoms with Gasteiger partial charge in [-0.1, -0.05) is 0 Å². The quantitative estimate of drug-likeness (QED) is 0.0995. The van der Waals surface area contributed by atoms with E-state index in [9.17, 15) is 90.7 Å². The van der Waals surface area contributed by atoms with Gasteiger partial charge in [-0.15, -0.1) is 0 Å². The molecule has 280 valence electrons. The van der Waals surface area contributed by atoms with Crippen LogP contribution in [0.15, 0.2) is 0 Å². The number of carboxylic acid groups (broad SMARTS) is 4. The summed E-state index contributed by atoms with van der Waals surface area (Å²) in [4.78, 5) is 47.1. The smallest absolute Gasteiger partial charge is 0.335 e. The highest BCUT2D eigenvalue weighted by atomic mass is 16.8. The Bertz CT molecular complexity index is 1220. The van der Waals surface area contributed by atoms with E-state index >= 15 is 0 Å². The van der Waals surface area contributed by atoms with Crippen molar-refractivity contribution >= 4 is 23.9 Å². The van der Waals surface area contributed by atoms with Gasteiger partial charge >= 0.3 is 23.9 Å². The average molecular weight is 723 g/mol. The lowest BCUT2D eigenvalue weighted by molar-refractivity contribution is -0.378. The monoisotopic (exact) mass is 722 g/mol. The molecule has 25 heteroatoms. The zero-order valence-electron chi connectivity index (χ0n) is 24.3. The summed E-state index contributed by atoms with van der Waals surface area (Å²) in [6.45, 7) is 0. The van der Waals surface area contributed by atoms with Crippen LogP contribution in [-0.4, -0.2) is 218 Å². The molecular weight excluding hydrogens is 688 g/mol. The van der Waals surface area contributed by atoms with E-state index < -0.39 is 147 Å². The van der Waals surface area contributed by atoms with E-state index in [0.29, 0.717) is 0 Å². The van der Waals surface area contributed by atoms with E-state index in [4.69, 9.17) is 28.4 Å². The Morgan fingerprint density at radius 1 is 0.347 bits per heavy atom. The normalized spacial score (nSPS) is 49.2. The third kappa shape index (κ3) is 7.62. The van der Waals surface area contributed by atoms with Crippen molar-refractivity contribution in [1.82, 2.24) is 0 Å². The first kappa shape index (κ1) is 39.0. The Balaban J connectivity index is 1.51. The summed E-state index contributed by atoms with van der Waals surface area (Å²) < 4.78 is 35.3. The van der Waals surface area contributed by atoms with Crippen LogP contribution >= 0.6 is 0 Å². The van der Waals surface area contributed by atoms with Crippen LogP contribution in [0.25, 0.3) is 0 Å². The highest BCUT2D eigenvalue weighted by Gasteiger charge is 2.58. The molecular formula is C24H34O25. The summed E-state index contributed by atoms with van der Waals surface area (Å²) in [5.74, 6) is -7.64. The summed E-state index contributed by atoms with van der Waals surface area (Å²) in [5.41, 5.74) is 0. The second-order valence-electron chi connectivity index (χ2n) is 11.3. The molecule has 0 aliphatic carbocycles. The van der Waals surface area contributed by atoms with Gasteiger partial charge in [0.2, 0.25) is 0 Å². The molecule has 0 bridgehead atoms. The Labute approximate surface area is 271 Å². The lowest BCUT2D eigenvalue weighted by Gasteiger charge is -2.47. The van der Waals surface area contributed by atoms with Crippen molar-refractivity contribution in [2.75, 3.05) is 0 Å². The number of aliphatic carboxylic acids is 4. The first-order valence-corrected chi connectivity index (χ1v) is 14.1. The maximum absolute atomic E-state index is 12.1. The van der Waals surface area contributed by atoms with E-state index in [-0.39, 0.29) is 0 Å². The van der Waals surface area contributed by atoms with Gasteiger partial charge in [-0.25, -0.2) is 19.2 Å². The number of carboxylic acids is 4. The Hall–Kier alpha value is -2.80. The molecule has 4 fully saturated rings. The van der Waals surface area contributed by atoms with Crippen LogP contribution in [0.1, 0.15) is 0 Å². The summed E-state index contributed by atoms with van der Waals surface area (Å²) in [6.07, 6.45) is -45.8. The SMILES string of the molecule is O=C(O)[C@@H]1O[C@@H](O[C@H]2[C@H](O)[C@H](O)[C@H](O[C@H]3[C@H](O)[C@H](O)[C@H](O[C@H]4[C@H](O)[C@H](O)[C@H](O)O[C@H]4C(=O)O)O[C@H]3C(=O)O)O[C@H]2C(=O)O)[C@@H](O)[C@@H](O)[C@@H]1O. The molecule has 0 saturated carbocycles. The summed E-state index contributed by atoms with van der Waals surface area (Å²) >= 11 is 0. The van der Waals surface area contributed by atoms with E-state index in [0.717, 1.165) is 0 Å². The topological polar surface area (TPSA) is 416 Å². The van der Waals surface area contributed by atoms with Crippen LogP contribution in [0.4, 0.5) is 0 Å². The molecule has 4 rings (SSSR count). The minimum Gasteiger partial charge on any atom is -0.479 e. The third-order valence-electron chi connectivity index (χ3n) is 8.07. The van der Waals surface area contributed by atoms with Gasteiger partial charge in [-0.3, -0.25) is 0 Å². The molecule has 0 aromatic heterocycles. The van der Waals surface area contributed by atoms with E-state index in [1.54, 1.807) is 0 Å². The molecule has 14 N–H and O–H groups in total. The van der Waals surface area contributed by atoms with Gasteiger partial charge in [0.25, 0.3) is 0 Å². The number of hydrogen-bond donors (Lipinski definition) is 14. The predicted octanol–water partition coefficient (Wildman–Crippen LogP) is -9.38.